The summed E-state index contributed by atoms with van der Waals surface area (Å²) in [6, 6.07) is 3.59. The minimum atomic E-state index is -3.74. The lowest BCUT2D eigenvalue weighted by Gasteiger charge is -2.55. The van der Waals surface area contributed by atoms with E-state index in [-0.39, 0.29) is 28.6 Å². The number of oxazole rings is 1. The summed E-state index contributed by atoms with van der Waals surface area (Å²) >= 11 is 1.44. The maximum absolute atomic E-state index is 13.0. The summed E-state index contributed by atoms with van der Waals surface area (Å²) in [4.78, 5) is 25.4. The molecule has 0 aliphatic carbocycles. The van der Waals surface area contributed by atoms with E-state index in [0.29, 0.717) is 30.3 Å². The molecule has 5 heterocycles. The Bertz CT molecular complexity index is 1330. The predicted molar refractivity (Wildman–Crippen MR) is 128 cm³/mol. The summed E-state index contributed by atoms with van der Waals surface area (Å²) in [5.41, 5.74) is 0.802. The molecule has 6 rings (SSSR count). The number of nitrogens with zero attached hydrogens (tertiary/aromatic N) is 5. The topological polar surface area (TPSA) is 109 Å². The van der Waals surface area contributed by atoms with Gasteiger partial charge < -0.3 is 14.1 Å². The summed E-state index contributed by atoms with van der Waals surface area (Å²) in [7, 11) is -0.767. The van der Waals surface area contributed by atoms with Gasteiger partial charge >= 0.3 is 6.09 Å². The second-order valence-corrected chi connectivity index (χ2v) is 12.8. The molecule has 2 bridgehead atoms. The lowest BCUT2D eigenvalue weighted by atomic mass is 9.88. The van der Waals surface area contributed by atoms with E-state index >= 15 is 0 Å². The van der Waals surface area contributed by atoms with E-state index in [2.05, 4.69) is 9.97 Å². The SMILES string of the molecule is CN(C)S(=O)(=O)c1ccc(-c2nccs2)c2oc(N3CC4CC(C3)N4C(=O)OC(C)(C)C)nc12. The number of ether oxygens (including phenoxy) is 1. The van der Waals surface area contributed by atoms with E-state index < -0.39 is 15.6 Å². The number of amides is 1. The maximum Gasteiger partial charge on any atom is 0.410 e. The number of hydrogen-bond donors (Lipinski definition) is 0. The number of hydrogen-bond acceptors (Lipinski definition) is 9. The van der Waals surface area contributed by atoms with Crippen molar-refractivity contribution in [1.29, 1.82) is 0 Å². The Hall–Kier alpha value is -2.70. The normalized spacial score (nSPS) is 20.6. The van der Waals surface area contributed by atoms with Crippen LogP contribution in [0.5, 0.6) is 0 Å². The monoisotopic (exact) mass is 505 g/mol. The highest BCUT2D eigenvalue weighted by Crippen LogP contribution is 2.40. The zero-order valence-electron chi connectivity index (χ0n) is 19.7. The molecule has 1 amide bonds. The molecule has 3 saturated heterocycles. The standard InChI is InChI=1S/C22H27N5O5S2/c1-22(2,3)32-21(28)27-13-10-14(27)12-26(11-13)20-24-17-16(34(29,30)25(4)5)7-6-15(18(17)31-20)19-23-8-9-33-19/h6-9,13-14H,10-12H2,1-5H3. The van der Waals surface area contributed by atoms with E-state index in [0.717, 1.165) is 15.7 Å². The first-order valence-electron chi connectivity index (χ1n) is 11.0. The number of carbonyl (C=O) groups excluding carboxylic acids is 1. The highest BCUT2D eigenvalue weighted by molar-refractivity contribution is 7.89. The molecule has 2 aromatic heterocycles. The fourth-order valence-electron chi connectivity index (χ4n) is 4.42. The van der Waals surface area contributed by atoms with Crippen LogP contribution in [-0.4, -0.2) is 78.6 Å². The molecule has 34 heavy (non-hydrogen) atoms. The lowest BCUT2D eigenvalue weighted by Crippen LogP contribution is -2.70. The van der Waals surface area contributed by atoms with Crippen molar-refractivity contribution in [3.05, 3.63) is 23.7 Å². The third-order valence-corrected chi connectivity index (χ3v) is 8.64. The molecule has 10 nitrogen and oxygen atoms in total. The van der Waals surface area contributed by atoms with Gasteiger partial charge in [-0.15, -0.1) is 11.3 Å². The maximum atomic E-state index is 13.0. The molecule has 3 aliphatic heterocycles. The molecule has 2 unspecified atom stereocenters. The number of benzene rings is 1. The first kappa shape index (κ1) is 23.1. The Morgan fingerprint density at radius 3 is 2.53 bits per heavy atom. The van der Waals surface area contributed by atoms with Crippen molar-refractivity contribution in [2.24, 2.45) is 0 Å². The predicted octanol–water partition coefficient (Wildman–Crippen LogP) is 3.40. The second kappa shape index (κ2) is 7.92. The van der Waals surface area contributed by atoms with E-state index in [1.165, 1.54) is 25.4 Å². The lowest BCUT2D eigenvalue weighted by molar-refractivity contribution is -0.0386. The van der Waals surface area contributed by atoms with Crippen molar-refractivity contribution in [3.63, 3.8) is 0 Å². The fourth-order valence-corrected chi connectivity index (χ4v) is 6.09. The van der Waals surface area contributed by atoms with Crippen LogP contribution in [0.25, 0.3) is 21.7 Å². The smallest absolute Gasteiger partial charge is 0.410 e. The molecule has 0 spiro atoms. The number of thiazole rings is 1. The second-order valence-electron chi connectivity index (χ2n) is 9.75. The summed E-state index contributed by atoms with van der Waals surface area (Å²) in [6.07, 6.45) is 2.27. The van der Waals surface area contributed by atoms with Crippen LogP contribution in [-0.2, 0) is 14.8 Å². The molecule has 3 aromatic rings. The molecule has 12 heteroatoms. The number of sulfonamides is 1. The van der Waals surface area contributed by atoms with Crippen LogP contribution in [0.2, 0.25) is 0 Å². The molecule has 0 radical (unpaired) electrons. The van der Waals surface area contributed by atoms with Gasteiger partial charge in [-0.2, -0.15) is 4.98 Å². The van der Waals surface area contributed by atoms with Gasteiger partial charge in [-0.3, -0.25) is 4.90 Å². The molecule has 3 fully saturated rings. The van der Waals surface area contributed by atoms with Crippen LogP contribution in [0.15, 0.2) is 33.0 Å². The molecule has 3 aliphatic rings. The first-order valence-corrected chi connectivity index (χ1v) is 13.3. The van der Waals surface area contributed by atoms with Gasteiger partial charge in [0.1, 0.15) is 21.0 Å². The highest BCUT2D eigenvalue weighted by Gasteiger charge is 2.49. The van der Waals surface area contributed by atoms with Gasteiger partial charge in [0.15, 0.2) is 5.58 Å². The highest BCUT2D eigenvalue weighted by atomic mass is 32.2. The number of aromatic nitrogens is 2. The average Bonchev–Trinajstić information content (AvgIpc) is 3.41. The minimum absolute atomic E-state index is 0.00739. The number of piperidine rings is 1. The third kappa shape index (κ3) is 3.83. The van der Waals surface area contributed by atoms with Crippen molar-refractivity contribution in [1.82, 2.24) is 19.2 Å². The van der Waals surface area contributed by atoms with Crippen LogP contribution in [0, 0.1) is 0 Å². The summed E-state index contributed by atoms with van der Waals surface area (Å²) in [6.45, 7) is 6.62. The van der Waals surface area contributed by atoms with E-state index in [9.17, 15) is 13.2 Å². The Labute approximate surface area is 202 Å². The third-order valence-electron chi connectivity index (χ3n) is 5.98. The molecular weight excluding hydrogens is 478 g/mol. The van der Waals surface area contributed by atoms with Gasteiger partial charge in [0.05, 0.1) is 17.6 Å². The zero-order valence-corrected chi connectivity index (χ0v) is 21.3. The quantitative estimate of drug-likeness (QED) is 0.531. The number of anilines is 1. The van der Waals surface area contributed by atoms with Gasteiger partial charge in [0.25, 0.3) is 6.01 Å². The van der Waals surface area contributed by atoms with E-state index in [1.54, 1.807) is 23.2 Å². The summed E-state index contributed by atoms with van der Waals surface area (Å²) in [5.74, 6) is 0. The van der Waals surface area contributed by atoms with Gasteiger partial charge in [-0.25, -0.2) is 22.5 Å². The van der Waals surface area contributed by atoms with Gasteiger partial charge in [-0.05, 0) is 39.3 Å². The first-order chi connectivity index (χ1) is 16.0. The van der Waals surface area contributed by atoms with Crippen molar-refractivity contribution < 1.29 is 22.4 Å². The van der Waals surface area contributed by atoms with Crippen LogP contribution >= 0.6 is 11.3 Å². The Morgan fingerprint density at radius 2 is 1.94 bits per heavy atom. The van der Waals surface area contributed by atoms with Crippen LogP contribution < -0.4 is 4.90 Å². The summed E-state index contributed by atoms with van der Waals surface area (Å²) in [5, 5.41) is 2.57. The number of carbonyl (C=O) groups is 1. The molecule has 0 N–H and O–H groups in total. The van der Waals surface area contributed by atoms with Crippen molar-refractivity contribution in [2.45, 2.75) is 49.8 Å². The molecule has 0 saturated carbocycles. The molecular formula is C22H27N5O5S2. The van der Waals surface area contributed by atoms with Crippen LogP contribution in [0.4, 0.5) is 10.8 Å². The number of fused-ring (bicyclic) bond motifs is 3. The van der Waals surface area contributed by atoms with Gasteiger partial charge in [-0.1, -0.05) is 0 Å². The van der Waals surface area contributed by atoms with Crippen LogP contribution in [0.3, 0.4) is 0 Å². The minimum Gasteiger partial charge on any atom is -0.444 e. The van der Waals surface area contributed by atoms with Crippen LogP contribution in [0.1, 0.15) is 27.2 Å². The zero-order chi connectivity index (χ0) is 24.4. The Kier molecular flexibility index (Phi) is 5.37. The molecule has 1 aromatic carbocycles. The fraction of sp³-hybridized carbons (Fsp3) is 0.500. The average molecular weight is 506 g/mol. The van der Waals surface area contributed by atoms with E-state index in [4.69, 9.17) is 9.15 Å². The van der Waals surface area contributed by atoms with Crippen molar-refractivity contribution >= 4 is 44.6 Å². The van der Waals surface area contributed by atoms with E-state index in [1.807, 2.05) is 31.1 Å². The van der Waals surface area contributed by atoms with Gasteiger partial charge in [0.2, 0.25) is 10.0 Å². The molecule has 2 atom stereocenters. The molecule has 182 valence electrons. The summed E-state index contributed by atoms with van der Waals surface area (Å²) < 4.78 is 38.9. The number of rotatable bonds is 4. The van der Waals surface area contributed by atoms with Crippen molar-refractivity contribution in [2.75, 3.05) is 32.1 Å². The van der Waals surface area contributed by atoms with Crippen molar-refractivity contribution in [3.8, 4) is 10.6 Å². The number of piperazine rings is 1. The Balaban J connectivity index is 1.50. The Morgan fingerprint density at radius 1 is 1.24 bits per heavy atom. The largest absolute Gasteiger partial charge is 0.444 e. The van der Waals surface area contributed by atoms with Gasteiger partial charge in [0, 0.05) is 38.8 Å².